The van der Waals surface area contributed by atoms with E-state index >= 15 is 0 Å². The zero-order valence-electron chi connectivity index (χ0n) is 11.2. The van der Waals surface area contributed by atoms with E-state index in [0.717, 1.165) is 20.3 Å². The van der Waals surface area contributed by atoms with Crippen LogP contribution in [0.4, 0.5) is 5.82 Å². The first-order chi connectivity index (χ1) is 10.1. The third-order valence-corrected chi connectivity index (χ3v) is 5.06. The number of benzene rings is 2. The van der Waals surface area contributed by atoms with Crippen molar-refractivity contribution in [3.8, 4) is 22.5 Å². The fourth-order valence-electron chi connectivity index (χ4n) is 2.23. The minimum absolute atomic E-state index is 0.343. The van der Waals surface area contributed by atoms with Gasteiger partial charge in [0.1, 0.15) is 0 Å². The Hall–Kier alpha value is -1.53. The van der Waals surface area contributed by atoms with Crippen LogP contribution in [0.25, 0.3) is 22.5 Å². The molecule has 0 atom stereocenters. The Morgan fingerprint density at radius 1 is 1.10 bits per heavy atom. The van der Waals surface area contributed by atoms with Crippen molar-refractivity contribution in [1.29, 1.82) is 0 Å². The van der Waals surface area contributed by atoms with Crippen LogP contribution in [-0.2, 0) is 0 Å². The molecule has 0 saturated heterocycles. The molecule has 0 radical (unpaired) electrons. The number of nitrogens with two attached hydrogens (primary N) is 1. The van der Waals surface area contributed by atoms with Crippen LogP contribution in [0.15, 0.2) is 47.0 Å². The minimum Gasteiger partial charge on any atom is -0.380 e. The van der Waals surface area contributed by atoms with Crippen molar-refractivity contribution in [1.82, 2.24) is 5.16 Å². The number of rotatable bonds is 2. The Bertz CT molecular complexity index is 814. The highest BCUT2D eigenvalue weighted by atomic mass is 127. The van der Waals surface area contributed by atoms with Gasteiger partial charge in [-0.2, -0.15) is 0 Å². The van der Waals surface area contributed by atoms with Crippen LogP contribution in [-0.4, -0.2) is 5.16 Å². The van der Waals surface area contributed by atoms with Crippen LogP contribution in [0.5, 0.6) is 0 Å². The number of halogens is 2. The molecular weight excluding hydrogens is 399 g/mol. The van der Waals surface area contributed by atoms with E-state index in [-0.39, 0.29) is 0 Å². The summed E-state index contributed by atoms with van der Waals surface area (Å²) < 4.78 is 6.60. The summed E-state index contributed by atoms with van der Waals surface area (Å²) in [5, 5.41) is 4.54. The highest BCUT2D eigenvalue weighted by Gasteiger charge is 2.21. The van der Waals surface area contributed by atoms with Crippen molar-refractivity contribution in [3.63, 3.8) is 0 Å². The molecule has 0 amide bonds. The van der Waals surface area contributed by atoms with Crippen molar-refractivity contribution in [3.05, 3.63) is 56.6 Å². The molecule has 2 N–H and O–H groups in total. The van der Waals surface area contributed by atoms with Crippen molar-refractivity contribution < 1.29 is 4.52 Å². The normalized spacial score (nSPS) is 10.8. The second-order valence-corrected chi connectivity index (χ2v) is 6.17. The Morgan fingerprint density at radius 2 is 1.81 bits per heavy atom. The zero-order valence-corrected chi connectivity index (χ0v) is 14.1. The lowest BCUT2D eigenvalue weighted by molar-refractivity contribution is 0.436. The molecule has 0 fully saturated rings. The fourth-order valence-corrected chi connectivity index (χ4v) is 3.07. The molecule has 2 aromatic carbocycles. The van der Waals surface area contributed by atoms with Gasteiger partial charge in [-0.25, -0.2) is 0 Å². The van der Waals surface area contributed by atoms with Gasteiger partial charge in [-0.3, -0.25) is 0 Å². The molecule has 1 aromatic heterocycles. The van der Waals surface area contributed by atoms with Gasteiger partial charge in [-0.15, -0.1) is 0 Å². The van der Waals surface area contributed by atoms with E-state index in [1.165, 1.54) is 5.56 Å². The maximum atomic E-state index is 6.29. The maximum Gasteiger partial charge on any atom is 0.178 e. The lowest BCUT2D eigenvalue weighted by atomic mass is 10.0. The molecule has 0 unspecified atom stereocenters. The predicted octanol–water partition coefficient (Wildman–Crippen LogP) is 5.16. The molecule has 0 aliphatic heterocycles. The zero-order chi connectivity index (χ0) is 15.0. The van der Waals surface area contributed by atoms with Gasteiger partial charge in [0.05, 0.1) is 5.56 Å². The predicted molar refractivity (Wildman–Crippen MR) is 94.3 cm³/mol. The summed E-state index contributed by atoms with van der Waals surface area (Å²) in [6, 6.07) is 13.6. The summed E-state index contributed by atoms with van der Waals surface area (Å²) in [5.74, 6) is 0.990. The average Bonchev–Trinajstić information content (AvgIpc) is 2.84. The molecular formula is C16H12ClIN2O. The number of hydrogen-bond donors (Lipinski definition) is 1. The Kier molecular flexibility index (Phi) is 3.91. The van der Waals surface area contributed by atoms with Crippen molar-refractivity contribution in [2.45, 2.75) is 6.92 Å². The molecule has 3 nitrogen and oxygen atoms in total. The molecule has 1 heterocycles. The van der Waals surface area contributed by atoms with Gasteiger partial charge in [0.25, 0.3) is 0 Å². The fraction of sp³-hybridized carbons (Fsp3) is 0.0625. The lowest BCUT2D eigenvalue weighted by Gasteiger charge is -2.08. The summed E-state index contributed by atoms with van der Waals surface area (Å²) in [6.45, 7) is 2.06. The van der Waals surface area contributed by atoms with Crippen LogP contribution in [0.1, 0.15) is 5.56 Å². The van der Waals surface area contributed by atoms with E-state index in [4.69, 9.17) is 21.9 Å². The number of hydrogen-bond acceptors (Lipinski definition) is 3. The molecule has 0 aliphatic carbocycles. The van der Waals surface area contributed by atoms with E-state index in [9.17, 15) is 0 Å². The quantitative estimate of drug-likeness (QED) is 0.594. The Morgan fingerprint density at radius 3 is 2.57 bits per heavy atom. The van der Waals surface area contributed by atoms with Gasteiger partial charge in [-0.1, -0.05) is 53.2 Å². The molecule has 5 heteroatoms. The van der Waals surface area contributed by atoms with Crippen LogP contribution in [0.2, 0.25) is 5.02 Å². The van der Waals surface area contributed by atoms with E-state index in [0.29, 0.717) is 16.6 Å². The molecule has 3 rings (SSSR count). The van der Waals surface area contributed by atoms with Crippen molar-refractivity contribution in [2.75, 3.05) is 5.73 Å². The van der Waals surface area contributed by atoms with Gasteiger partial charge >= 0.3 is 0 Å². The summed E-state index contributed by atoms with van der Waals surface area (Å²) in [4.78, 5) is 0. The Balaban J connectivity index is 2.28. The summed E-state index contributed by atoms with van der Waals surface area (Å²) in [6.07, 6.45) is 0. The lowest BCUT2D eigenvalue weighted by Crippen LogP contribution is -1.91. The van der Waals surface area contributed by atoms with Gasteiger partial charge in [-0.05, 0) is 41.1 Å². The second-order valence-electron chi connectivity index (χ2n) is 4.69. The van der Waals surface area contributed by atoms with E-state index in [1.54, 1.807) is 0 Å². The highest BCUT2D eigenvalue weighted by Crippen LogP contribution is 2.41. The number of aromatic nitrogens is 1. The van der Waals surface area contributed by atoms with Gasteiger partial charge in [0.15, 0.2) is 11.6 Å². The number of anilines is 1. The van der Waals surface area contributed by atoms with Crippen LogP contribution in [0.3, 0.4) is 0 Å². The molecule has 0 bridgehead atoms. The third-order valence-electron chi connectivity index (χ3n) is 3.30. The van der Waals surface area contributed by atoms with E-state index < -0.39 is 0 Å². The van der Waals surface area contributed by atoms with E-state index in [2.05, 4.69) is 40.7 Å². The monoisotopic (exact) mass is 410 g/mol. The molecule has 0 aliphatic rings. The number of nitrogens with zero attached hydrogens (tertiary/aromatic N) is 1. The van der Waals surface area contributed by atoms with Crippen molar-refractivity contribution in [2.24, 2.45) is 0 Å². The minimum atomic E-state index is 0.343. The second kappa shape index (κ2) is 5.69. The smallest absolute Gasteiger partial charge is 0.178 e. The molecule has 106 valence electrons. The molecule has 0 spiro atoms. The van der Waals surface area contributed by atoms with Gasteiger partial charge in [0.2, 0.25) is 0 Å². The standard InChI is InChI=1S/C16H12ClIN2O/c1-9-5-4-7-11(14(9)18)15-13(16(19)20-21-15)10-6-2-3-8-12(10)17/h2-8H,1H3,(H2,19,20). The summed E-state index contributed by atoms with van der Waals surface area (Å²) >= 11 is 8.59. The highest BCUT2D eigenvalue weighted by molar-refractivity contribution is 14.1. The van der Waals surface area contributed by atoms with Gasteiger partial charge < -0.3 is 10.3 Å². The SMILES string of the molecule is Cc1cccc(-c2onc(N)c2-c2ccccc2Cl)c1I. The topological polar surface area (TPSA) is 52.0 Å². The molecule has 0 saturated carbocycles. The number of aryl methyl sites for hydroxylation is 1. The first-order valence-corrected chi connectivity index (χ1v) is 7.81. The summed E-state index contributed by atoms with van der Waals surface area (Å²) in [5.41, 5.74) is 9.71. The molecule has 21 heavy (non-hydrogen) atoms. The first-order valence-electron chi connectivity index (χ1n) is 6.35. The largest absolute Gasteiger partial charge is 0.380 e. The molecule has 3 aromatic rings. The van der Waals surface area contributed by atoms with Gasteiger partial charge in [0, 0.05) is 19.7 Å². The average molecular weight is 411 g/mol. The van der Waals surface area contributed by atoms with Crippen LogP contribution >= 0.6 is 34.2 Å². The van der Waals surface area contributed by atoms with E-state index in [1.807, 2.05) is 36.4 Å². The number of nitrogen functional groups attached to an aromatic ring is 1. The van der Waals surface area contributed by atoms with Crippen molar-refractivity contribution >= 4 is 40.0 Å². The maximum absolute atomic E-state index is 6.29. The van der Waals surface area contributed by atoms with Crippen LogP contribution < -0.4 is 5.73 Å². The Labute approximate surface area is 141 Å². The first kappa shape index (κ1) is 14.4. The van der Waals surface area contributed by atoms with Crippen LogP contribution in [0, 0.1) is 10.5 Å². The third kappa shape index (κ3) is 2.53. The summed E-state index contributed by atoms with van der Waals surface area (Å²) in [7, 11) is 0.